The zero-order chi connectivity index (χ0) is 13.3. The van der Waals surface area contributed by atoms with E-state index in [9.17, 15) is 9.90 Å². The van der Waals surface area contributed by atoms with Gasteiger partial charge in [0.1, 0.15) is 5.60 Å². The molecule has 0 spiro atoms. The Balaban J connectivity index is 2.77. The minimum atomic E-state index is -0.594. The van der Waals surface area contributed by atoms with Crippen LogP contribution in [0.25, 0.3) is 0 Å². The monoisotopic (exact) mass is 245 g/mol. The number of aliphatic hydroxyl groups is 1. The number of aliphatic hydroxyl groups excluding tert-OH is 1. The summed E-state index contributed by atoms with van der Waals surface area (Å²) in [6, 6.07) is 0. The maximum absolute atomic E-state index is 12.0. The quantitative estimate of drug-likeness (QED) is 0.798. The lowest BCUT2D eigenvalue weighted by atomic mass is 10.00. The fourth-order valence-electron chi connectivity index (χ4n) is 2.01. The molecule has 100 valence electrons. The SMILES string of the molecule is COC1CN(C(=O)OC(C)(C)C)C(C)(CO)C1. The van der Waals surface area contributed by atoms with E-state index in [0.29, 0.717) is 13.0 Å². The molecule has 1 heterocycles. The van der Waals surface area contributed by atoms with Crippen molar-refractivity contribution < 1.29 is 19.4 Å². The van der Waals surface area contributed by atoms with Gasteiger partial charge in [-0.1, -0.05) is 0 Å². The van der Waals surface area contributed by atoms with Crippen molar-refractivity contribution in [3.8, 4) is 0 Å². The first-order valence-electron chi connectivity index (χ1n) is 5.86. The van der Waals surface area contributed by atoms with E-state index in [0.717, 1.165) is 0 Å². The molecule has 0 aromatic carbocycles. The van der Waals surface area contributed by atoms with Crippen molar-refractivity contribution in [3.05, 3.63) is 0 Å². The molecule has 0 aromatic heterocycles. The summed E-state index contributed by atoms with van der Waals surface area (Å²) in [7, 11) is 1.61. The van der Waals surface area contributed by atoms with Gasteiger partial charge in [-0.2, -0.15) is 0 Å². The van der Waals surface area contributed by atoms with Crippen LogP contribution in [-0.2, 0) is 9.47 Å². The number of likely N-dealkylation sites (tertiary alicyclic amines) is 1. The first-order chi connectivity index (χ1) is 7.72. The fraction of sp³-hybridized carbons (Fsp3) is 0.917. The zero-order valence-electron chi connectivity index (χ0n) is 11.3. The number of carbonyl (C=O) groups excluding carboxylic acids is 1. The van der Waals surface area contributed by atoms with Crippen molar-refractivity contribution in [2.75, 3.05) is 20.3 Å². The molecule has 2 atom stereocenters. The largest absolute Gasteiger partial charge is 0.444 e. The molecule has 0 aliphatic carbocycles. The summed E-state index contributed by atoms with van der Waals surface area (Å²) in [5, 5.41) is 9.45. The van der Waals surface area contributed by atoms with E-state index < -0.39 is 17.2 Å². The Morgan fingerprint density at radius 3 is 2.53 bits per heavy atom. The standard InChI is InChI=1S/C12H23NO4/c1-11(2,3)17-10(15)13-7-9(16-5)6-12(13,4)8-14/h9,14H,6-8H2,1-5H3. The van der Waals surface area contributed by atoms with Crippen LogP contribution in [-0.4, -0.2) is 53.6 Å². The fourth-order valence-corrected chi connectivity index (χ4v) is 2.01. The molecule has 1 fully saturated rings. The third-order valence-electron chi connectivity index (χ3n) is 2.99. The third-order valence-corrected chi connectivity index (χ3v) is 2.99. The van der Waals surface area contributed by atoms with Crippen molar-refractivity contribution in [1.82, 2.24) is 4.90 Å². The van der Waals surface area contributed by atoms with Gasteiger partial charge >= 0.3 is 6.09 Å². The molecule has 1 rings (SSSR count). The summed E-state index contributed by atoms with van der Waals surface area (Å²) in [5.41, 5.74) is -1.12. The first kappa shape index (κ1) is 14.3. The minimum Gasteiger partial charge on any atom is -0.444 e. The lowest BCUT2D eigenvalue weighted by Gasteiger charge is -2.34. The molecule has 0 saturated carbocycles. The van der Waals surface area contributed by atoms with E-state index in [1.807, 2.05) is 27.7 Å². The van der Waals surface area contributed by atoms with E-state index in [4.69, 9.17) is 9.47 Å². The molecule has 17 heavy (non-hydrogen) atoms. The summed E-state index contributed by atoms with van der Waals surface area (Å²) >= 11 is 0. The van der Waals surface area contributed by atoms with Gasteiger partial charge in [0.25, 0.3) is 0 Å². The van der Waals surface area contributed by atoms with Crippen LogP contribution in [0.4, 0.5) is 4.79 Å². The molecule has 0 radical (unpaired) electrons. The molecule has 0 bridgehead atoms. The third kappa shape index (κ3) is 3.33. The predicted molar refractivity (Wildman–Crippen MR) is 63.8 cm³/mol. The highest BCUT2D eigenvalue weighted by Crippen LogP contribution is 2.31. The number of rotatable bonds is 2. The molecule has 5 heteroatoms. The van der Waals surface area contributed by atoms with Gasteiger partial charge in [0.15, 0.2) is 0 Å². The molecule has 0 aromatic rings. The van der Waals surface area contributed by atoms with Crippen LogP contribution in [0.15, 0.2) is 0 Å². The van der Waals surface area contributed by atoms with E-state index in [2.05, 4.69) is 0 Å². The molecule has 5 nitrogen and oxygen atoms in total. The molecule has 1 N–H and O–H groups in total. The minimum absolute atomic E-state index is 0.0420. The zero-order valence-corrected chi connectivity index (χ0v) is 11.3. The van der Waals surface area contributed by atoms with Gasteiger partial charge in [-0.15, -0.1) is 0 Å². The molecule has 1 aliphatic rings. The van der Waals surface area contributed by atoms with Gasteiger partial charge in [0.05, 0.1) is 24.8 Å². The van der Waals surface area contributed by atoms with Gasteiger partial charge in [-0.25, -0.2) is 4.79 Å². The van der Waals surface area contributed by atoms with Crippen molar-refractivity contribution >= 4 is 6.09 Å². The summed E-state index contributed by atoms with van der Waals surface area (Å²) in [6.07, 6.45) is 0.187. The molecule has 1 aliphatic heterocycles. The Kier molecular flexibility index (Phi) is 4.04. The highest BCUT2D eigenvalue weighted by atomic mass is 16.6. The summed E-state index contributed by atoms with van der Waals surface area (Å²) in [4.78, 5) is 13.6. The van der Waals surface area contributed by atoms with Gasteiger partial charge < -0.3 is 14.6 Å². The van der Waals surface area contributed by atoms with Gasteiger partial charge in [0, 0.05) is 13.5 Å². The van der Waals surface area contributed by atoms with Crippen LogP contribution in [0, 0.1) is 0 Å². The van der Waals surface area contributed by atoms with Crippen molar-refractivity contribution in [2.24, 2.45) is 0 Å². The topological polar surface area (TPSA) is 59.0 Å². The molecule has 1 amide bonds. The van der Waals surface area contributed by atoms with Crippen LogP contribution >= 0.6 is 0 Å². The Labute approximate surface area is 103 Å². The average Bonchev–Trinajstić information content (AvgIpc) is 2.54. The Morgan fingerprint density at radius 2 is 2.12 bits per heavy atom. The number of methoxy groups -OCH3 is 1. The molecular formula is C12H23NO4. The number of hydrogen-bond donors (Lipinski definition) is 1. The van der Waals surface area contributed by atoms with Crippen LogP contribution < -0.4 is 0 Å². The van der Waals surface area contributed by atoms with Crippen LogP contribution in [0.3, 0.4) is 0 Å². The Hall–Kier alpha value is -0.810. The van der Waals surface area contributed by atoms with Crippen molar-refractivity contribution in [1.29, 1.82) is 0 Å². The number of nitrogens with zero attached hydrogens (tertiary/aromatic N) is 1. The normalized spacial score (nSPS) is 29.5. The smallest absolute Gasteiger partial charge is 0.410 e. The van der Waals surface area contributed by atoms with Crippen molar-refractivity contribution in [2.45, 2.75) is 51.4 Å². The van der Waals surface area contributed by atoms with Gasteiger partial charge in [-0.3, -0.25) is 4.90 Å². The second-order valence-electron chi connectivity index (χ2n) is 5.81. The highest BCUT2D eigenvalue weighted by Gasteiger charge is 2.46. The van der Waals surface area contributed by atoms with E-state index in [-0.39, 0.29) is 12.7 Å². The average molecular weight is 245 g/mol. The second-order valence-corrected chi connectivity index (χ2v) is 5.81. The van der Waals surface area contributed by atoms with Crippen LogP contribution in [0.5, 0.6) is 0 Å². The predicted octanol–water partition coefficient (Wildman–Crippen LogP) is 1.39. The van der Waals surface area contributed by atoms with E-state index in [1.165, 1.54) is 0 Å². The molecule has 2 unspecified atom stereocenters. The molecule has 1 saturated heterocycles. The summed E-state index contributed by atoms with van der Waals surface area (Å²) < 4.78 is 10.6. The van der Waals surface area contributed by atoms with E-state index >= 15 is 0 Å². The van der Waals surface area contributed by atoms with Crippen LogP contribution in [0.2, 0.25) is 0 Å². The van der Waals surface area contributed by atoms with E-state index in [1.54, 1.807) is 12.0 Å². The summed E-state index contributed by atoms with van der Waals surface area (Å²) in [6.45, 7) is 7.69. The first-order valence-corrected chi connectivity index (χ1v) is 5.86. The number of ether oxygens (including phenoxy) is 2. The molecular weight excluding hydrogens is 222 g/mol. The Bertz CT molecular complexity index is 287. The lowest BCUT2D eigenvalue weighted by Crippen LogP contribution is -2.49. The van der Waals surface area contributed by atoms with Gasteiger partial charge in [-0.05, 0) is 27.7 Å². The Morgan fingerprint density at radius 1 is 1.53 bits per heavy atom. The maximum Gasteiger partial charge on any atom is 0.410 e. The van der Waals surface area contributed by atoms with Crippen molar-refractivity contribution in [3.63, 3.8) is 0 Å². The maximum atomic E-state index is 12.0. The number of carbonyl (C=O) groups is 1. The number of amides is 1. The lowest BCUT2D eigenvalue weighted by molar-refractivity contribution is -0.000578. The highest BCUT2D eigenvalue weighted by molar-refractivity contribution is 5.69. The van der Waals surface area contributed by atoms with Crippen LogP contribution in [0.1, 0.15) is 34.1 Å². The van der Waals surface area contributed by atoms with Gasteiger partial charge in [0.2, 0.25) is 0 Å². The number of hydrogen-bond acceptors (Lipinski definition) is 4. The second kappa shape index (κ2) is 4.82. The summed E-state index contributed by atoms with van der Waals surface area (Å²) in [5.74, 6) is 0.